The molecule has 282 valence electrons. The van der Waals surface area contributed by atoms with Crippen LogP contribution in [0.4, 0.5) is 11.4 Å². The van der Waals surface area contributed by atoms with Crippen molar-refractivity contribution in [3.63, 3.8) is 0 Å². The van der Waals surface area contributed by atoms with Gasteiger partial charge < -0.3 is 34.4 Å². The lowest BCUT2D eigenvalue weighted by atomic mass is 9.82. The minimum atomic E-state index is -2.44. The fraction of sp³-hybridized carbons (Fsp3) is 0.372. The van der Waals surface area contributed by atoms with Crippen molar-refractivity contribution in [2.45, 2.75) is 69.1 Å². The van der Waals surface area contributed by atoms with Gasteiger partial charge in [-0.25, -0.2) is 0 Å². The summed E-state index contributed by atoms with van der Waals surface area (Å²) >= 11 is 0. The second-order valence-corrected chi connectivity index (χ2v) is 19.9. The average Bonchev–Trinajstić information content (AvgIpc) is 3.86. The van der Waals surface area contributed by atoms with Gasteiger partial charge in [0.25, 0.3) is 11.8 Å². The maximum Gasteiger partial charge on any atom is 0.264 e. The number of likely N-dealkylation sites (tertiary alicyclic amines) is 1. The average molecular weight is 748 g/mol. The normalized spacial score (nSPS) is 23.5. The van der Waals surface area contributed by atoms with Crippen LogP contribution in [-0.4, -0.2) is 75.3 Å². The van der Waals surface area contributed by atoms with E-state index in [9.17, 15) is 14.7 Å². The molecule has 2 saturated heterocycles. The molecule has 10 nitrogen and oxygen atoms in total. The SMILES string of the molecule is COc1ccc(C(=O)Nc2ccc(CN3C(=O)[C@@]4(O[C@@H](CC(=O)N5CCC[C@H]5CO)[C@H]([Si](C)(C)c5ccc(OC)cc5)[C@H]4C)c4ccccc43)cc2)cc1. The van der Waals surface area contributed by atoms with Crippen molar-refractivity contribution in [1.82, 2.24) is 4.90 Å². The molecule has 0 aliphatic carbocycles. The van der Waals surface area contributed by atoms with Crippen LogP contribution in [0.1, 0.15) is 47.7 Å². The van der Waals surface area contributed by atoms with Crippen molar-refractivity contribution in [2.75, 3.05) is 37.6 Å². The van der Waals surface area contributed by atoms with Crippen LogP contribution in [0.15, 0.2) is 97.1 Å². The fourth-order valence-corrected chi connectivity index (χ4v) is 13.1. The van der Waals surface area contributed by atoms with Gasteiger partial charge in [0.1, 0.15) is 11.5 Å². The molecule has 0 saturated carbocycles. The maximum atomic E-state index is 15.1. The Balaban J connectivity index is 1.18. The molecule has 7 rings (SSSR count). The molecule has 3 aliphatic heterocycles. The molecule has 0 aromatic heterocycles. The Morgan fingerprint density at radius 1 is 0.926 bits per heavy atom. The fourth-order valence-electron chi connectivity index (χ4n) is 9.09. The summed E-state index contributed by atoms with van der Waals surface area (Å²) in [5.74, 6) is 0.787. The van der Waals surface area contributed by atoms with Gasteiger partial charge in [-0.2, -0.15) is 0 Å². The van der Waals surface area contributed by atoms with Gasteiger partial charge in [0.15, 0.2) is 5.60 Å². The lowest BCUT2D eigenvalue weighted by Gasteiger charge is -2.37. The number of fused-ring (bicyclic) bond motifs is 2. The Bertz CT molecular complexity index is 2000. The Morgan fingerprint density at radius 2 is 1.57 bits per heavy atom. The largest absolute Gasteiger partial charge is 0.497 e. The summed E-state index contributed by atoms with van der Waals surface area (Å²) in [6.45, 7) is 7.59. The number of methoxy groups -OCH3 is 2. The van der Waals surface area contributed by atoms with Crippen molar-refractivity contribution in [1.29, 1.82) is 0 Å². The first-order chi connectivity index (χ1) is 26.0. The molecule has 54 heavy (non-hydrogen) atoms. The number of ether oxygens (including phenoxy) is 3. The topological polar surface area (TPSA) is 118 Å². The van der Waals surface area contributed by atoms with E-state index in [4.69, 9.17) is 14.2 Å². The molecule has 1 spiro atoms. The molecule has 5 atom stereocenters. The summed E-state index contributed by atoms with van der Waals surface area (Å²) in [5, 5.41) is 14.2. The van der Waals surface area contributed by atoms with E-state index in [1.165, 1.54) is 5.19 Å². The van der Waals surface area contributed by atoms with Crippen LogP contribution in [0.2, 0.25) is 18.6 Å². The summed E-state index contributed by atoms with van der Waals surface area (Å²) in [5.41, 5.74) is 2.29. The van der Waals surface area contributed by atoms with Crippen LogP contribution in [-0.2, 0) is 26.5 Å². The molecule has 4 aromatic rings. The number of rotatable bonds is 11. The summed E-state index contributed by atoms with van der Waals surface area (Å²) in [4.78, 5) is 45.6. The molecular weight excluding hydrogens is 699 g/mol. The van der Waals surface area contributed by atoms with Crippen molar-refractivity contribution in [3.05, 3.63) is 114 Å². The lowest BCUT2D eigenvalue weighted by molar-refractivity contribution is -0.150. The molecule has 0 bridgehead atoms. The lowest BCUT2D eigenvalue weighted by Crippen LogP contribution is -2.52. The molecule has 2 fully saturated rings. The highest BCUT2D eigenvalue weighted by molar-refractivity contribution is 6.91. The van der Waals surface area contributed by atoms with E-state index in [-0.39, 0.29) is 48.3 Å². The molecule has 4 aromatic carbocycles. The van der Waals surface area contributed by atoms with E-state index in [1.54, 1.807) is 43.4 Å². The van der Waals surface area contributed by atoms with Gasteiger partial charge in [0.2, 0.25) is 5.91 Å². The first kappa shape index (κ1) is 37.3. The number of carbonyl (C=O) groups is 3. The Labute approximate surface area is 318 Å². The zero-order chi connectivity index (χ0) is 38.2. The van der Waals surface area contributed by atoms with Gasteiger partial charge in [0.05, 0.1) is 59.7 Å². The van der Waals surface area contributed by atoms with Crippen LogP contribution < -0.4 is 24.9 Å². The van der Waals surface area contributed by atoms with Crippen molar-refractivity contribution in [2.24, 2.45) is 5.92 Å². The van der Waals surface area contributed by atoms with E-state index in [0.29, 0.717) is 30.1 Å². The Hall–Kier alpha value is -4.97. The van der Waals surface area contributed by atoms with Gasteiger partial charge in [-0.15, -0.1) is 0 Å². The molecular formula is C43H49N3O7Si. The predicted octanol–water partition coefficient (Wildman–Crippen LogP) is 6.09. The number of amides is 3. The van der Waals surface area contributed by atoms with Crippen LogP contribution in [0.25, 0.3) is 0 Å². The number of hydrogen-bond donors (Lipinski definition) is 2. The number of carbonyl (C=O) groups excluding carboxylic acids is 3. The van der Waals surface area contributed by atoms with Gasteiger partial charge in [-0.3, -0.25) is 14.4 Å². The number of aliphatic hydroxyl groups excluding tert-OH is 1. The van der Waals surface area contributed by atoms with Crippen molar-refractivity contribution >= 4 is 42.4 Å². The highest BCUT2D eigenvalue weighted by atomic mass is 28.3. The Kier molecular flexibility index (Phi) is 10.4. The minimum absolute atomic E-state index is 0.0416. The first-order valence-corrected chi connectivity index (χ1v) is 21.8. The highest BCUT2D eigenvalue weighted by Crippen LogP contribution is 2.60. The number of nitrogens with zero attached hydrogens (tertiary/aromatic N) is 2. The number of aliphatic hydroxyl groups is 1. The predicted molar refractivity (Wildman–Crippen MR) is 211 cm³/mol. The Morgan fingerprint density at radius 3 is 2.22 bits per heavy atom. The van der Waals surface area contributed by atoms with E-state index in [1.807, 2.05) is 65.6 Å². The third-order valence-electron chi connectivity index (χ3n) is 11.9. The standard InChI is InChI=1S/C43H49N3O7Si/c1-28-40(54(4,5)35-22-20-34(52-3)21-23-35)38(25-39(48)45-24-8-9-32(45)27-47)53-43(28)36-10-6-7-11-37(36)46(42(43)50)26-29-12-16-31(17-13-29)44-41(49)30-14-18-33(51-2)19-15-30/h6-7,10-23,28,32,38,40,47H,8-9,24-27H2,1-5H3,(H,44,49)/t28-,32+,38+,40-,43+/m1/s1. The molecule has 3 aliphatic rings. The summed E-state index contributed by atoms with van der Waals surface area (Å²) < 4.78 is 17.8. The second-order valence-electron chi connectivity index (χ2n) is 15.2. The monoisotopic (exact) mass is 747 g/mol. The molecule has 2 N–H and O–H groups in total. The van der Waals surface area contributed by atoms with Crippen LogP contribution in [0.3, 0.4) is 0 Å². The number of anilines is 2. The molecule has 0 unspecified atom stereocenters. The molecule has 0 radical (unpaired) electrons. The van der Waals surface area contributed by atoms with Gasteiger partial charge in [-0.1, -0.05) is 67.7 Å². The van der Waals surface area contributed by atoms with E-state index >= 15 is 4.79 Å². The summed E-state index contributed by atoms with van der Waals surface area (Å²) in [7, 11) is 0.792. The first-order valence-electron chi connectivity index (χ1n) is 18.7. The zero-order valence-electron chi connectivity index (χ0n) is 31.6. The van der Waals surface area contributed by atoms with Crippen molar-refractivity contribution in [3.8, 4) is 11.5 Å². The molecule has 11 heteroatoms. The van der Waals surface area contributed by atoms with Gasteiger partial charge >= 0.3 is 0 Å². The summed E-state index contributed by atoms with van der Waals surface area (Å²) in [6, 6.07) is 30.3. The molecule has 3 heterocycles. The van der Waals surface area contributed by atoms with E-state index in [2.05, 4.69) is 37.5 Å². The van der Waals surface area contributed by atoms with Gasteiger partial charge in [-0.05, 0) is 78.5 Å². The van der Waals surface area contributed by atoms with E-state index in [0.717, 1.165) is 35.4 Å². The maximum absolute atomic E-state index is 15.1. The number of para-hydroxylation sites is 1. The smallest absolute Gasteiger partial charge is 0.264 e. The summed E-state index contributed by atoms with van der Waals surface area (Å²) in [6.07, 6.45) is 1.26. The van der Waals surface area contributed by atoms with Gasteiger partial charge in [0, 0.05) is 29.3 Å². The van der Waals surface area contributed by atoms with Crippen LogP contribution >= 0.6 is 0 Å². The zero-order valence-corrected chi connectivity index (χ0v) is 32.6. The van der Waals surface area contributed by atoms with E-state index < -0.39 is 19.8 Å². The molecule has 3 amide bonds. The third-order valence-corrected chi connectivity index (χ3v) is 16.3. The number of nitrogens with one attached hydrogen (secondary N) is 1. The highest BCUT2D eigenvalue weighted by Gasteiger charge is 2.66. The number of hydrogen-bond acceptors (Lipinski definition) is 7. The quantitative estimate of drug-likeness (QED) is 0.178. The van der Waals surface area contributed by atoms with Crippen LogP contribution in [0.5, 0.6) is 11.5 Å². The minimum Gasteiger partial charge on any atom is -0.497 e. The van der Waals surface area contributed by atoms with Crippen LogP contribution in [0, 0.1) is 5.92 Å². The third kappa shape index (κ3) is 6.58. The van der Waals surface area contributed by atoms with Crippen molar-refractivity contribution < 1.29 is 33.7 Å². The number of benzene rings is 4. The second kappa shape index (κ2) is 15.0.